The predicted molar refractivity (Wildman–Crippen MR) is 533 cm³/mol. The molecule has 36 heteroatoms. The van der Waals surface area contributed by atoms with Gasteiger partial charge < -0.3 is 82.5 Å². The molecule has 13 N–H and O–H groups in total. The standard InChI is InChI=1S/C37H50FN3O7S.2C34H43F2N3O6S/c1-4-12-31(13-5-2)49(46,47)25-33(40-37(45)48-24-27-14-8-6-9-15-27)36(44)41(34(23-42)29-16-10-7-11-17-29)22-35(43)32(39)21-28-18-26(3)19-30(38)20-28;2*1-3-5-14-46(43,44)23-31(38-34(42)45-22-25-10-7-6-8-11-25)33(41)39(20-26-13-9-12-24(4-2)15-26)21-32(40)30(37)18-27-16-28(35)19-29(36)17-27/h6-11,14-20,31-35,42-43H,4-5,12-13,21-25,39H2,1-3H3,(H,40,45);2*6-13,15-17,19,30-32,40H,3-5,14,18,20-23,37H2,1-2H3,(H,38,42)/t32-,33+,34-,35-;30-,31+,32+;30-,31-,32+/m000/s1. The largest absolute Gasteiger partial charge is 0.445 e. The van der Waals surface area contributed by atoms with Gasteiger partial charge in [-0.2, -0.15) is 0 Å². The first-order valence-corrected chi connectivity index (χ1v) is 52.7. The second kappa shape index (κ2) is 59.4. The normalized spacial score (nSPS) is 13.7. The summed E-state index contributed by atoms with van der Waals surface area (Å²) in [4.78, 5) is 85.2. The lowest BCUT2D eigenvalue weighted by molar-refractivity contribution is -0.138. The van der Waals surface area contributed by atoms with Crippen LogP contribution < -0.4 is 33.2 Å². The highest BCUT2D eigenvalue weighted by Gasteiger charge is 2.41. The first kappa shape index (κ1) is 116. The average molecular weight is 2020 g/mol. The monoisotopic (exact) mass is 2020 g/mol. The smallest absolute Gasteiger partial charge is 0.408 e. The van der Waals surface area contributed by atoms with Crippen LogP contribution in [0.2, 0.25) is 0 Å². The number of unbranched alkanes of at least 4 members (excludes halogenated alkanes) is 2. The van der Waals surface area contributed by atoms with E-state index in [0.717, 1.165) is 65.3 Å². The van der Waals surface area contributed by atoms with E-state index >= 15 is 0 Å². The van der Waals surface area contributed by atoms with Crippen LogP contribution in [0.4, 0.5) is 36.3 Å². The van der Waals surface area contributed by atoms with Crippen molar-refractivity contribution in [1.29, 1.82) is 0 Å². The number of halogens is 5. The number of aliphatic hydroxyl groups is 4. The Balaban J connectivity index is 0.000000288. The van der Waals surface area contributed by atoms with Gasteiger partial charge in [-0.25, -0.2) is 61.6 Å². The van der Waals surface area contributed by atoms with Gasteiger partial charge in [0.2, 0.25) is 17.7 Å². The summed E-state index contributed by atoms with van der Waals surface area (Å²) >= 11 is 0. The van der Waals surface area contributed by atoms with E-state index in [4.69, 9.17) is 31.4 Å². The number of carbonyl (C=O) groups excluding carboxylic acids is 6. The van der Waals surface area contributed by atoms with Gasteiger partial charge in [-0.3, -0.25) is 14.4 Å². The molecule has 9 aromatic rings. The van der Waals surface area contributed by atoms with Gasteiger partial charge in [0.1, 0.15) is 67.0 Å². The molecule has 0 spiro atoms. The van der Waals surface area contributed by atoms with Crippen LogP contribution in [0.25, 0.3) is 0 Å². The molecule has 0 aliphatic carbocycles. The summed E-state index contributed by atoms with van der Waals surface area (Å²) in [5.41, 5.74) is 26.5. The number of hydrogen-bond donors (Lipinski definition) is 10. The van der Waals surface area contributed by atoms with Gasteiger partial charge in [0.15, 0.2) is 29.5 Å². The fourth-order valence-corrected chi connectivity index (χ4v) is 21.1. The van der Waals surface area contributed by atoms with E-state index in [1.165, 1.54) is 21.9 Å². The first-order valence-electron chi connectivity index (χ1n) is 47.4. The molecule has 9 rings (SSSR count). The fraction of sp³-hybridized carbons (Fsp3) is 0.429. The van der Waals surface area contributed by atoms with Crippen molar-refractivity contribution in [3.05, 3.63) is 320 Å². The van der Waals surface area contributed by atoms with Crippen LogP contribution >= 0.6 is 0 Å². The van der Waals surface area contributed by atoms with Crippen molar-refractivity contribution in [3.8, 4) is 0 Å². The minimum absolute atomic E-state index is 0.0305. The Morgan fingerprint density at radius 1 is 0.376 bits per heavy atom. The highest BCUT2D eigenvalue weighted by Crippen LogP contribution is 2.27. The number of aliphatic hydroxyl groups excluding tert-OH is 4. The maximum atomic E-state index is 14.5. The molecule has 0 fully saturated rings. The number of benzene rings is 9. The summed E-state index contributed by atoms with van der Waals surface area (Å²) in [6.07, 6.45) is -1.76. The third kappa shape index (κ3) is 41.5. The number of aryl methyl sites for hydroxylation is 3. The van der Waals surface area contributed by atoms with Gasteiger partial charge in [-0.15, -0.1) is 0 Å². The van der Waals surface area contributed by atoms with Gasteiger partial charge in [0.25, 0.3) is 0 Å². The van der Waals surface area contributed by atoms with E-state index < -0.39 is 191 Å². The first-order chi connectivity index (χ1) is 67.1. The average Bonchev–Trinajstić information content (AvgIpc) is 0.804. The van der Waals surface area contributed by atoms with Crippen molar-refractivity contribution in [2.45, 2.75) is 231 Å². The SMILES string of the molecule is CCCC(CCC)S(=O)(=O)C[C@@H](NC(=O)OCc1ccccc1)C(=O)N(C[C@H](O)[C@@H](N)Cc1cc(C)cc(F)c1)[C@@H](CO)c1ccccc1.CCCCS(=O)(=O)C[C@@H](NC(=O)OCc1ccccc1)C(=O)N(Cc1cccc(CC)c1)C[C@@H](O)[C@@H](N)Cc1cc(F)cc(F)c1.CCCCS(=O)(=O)C[C@H](NC(=O)OCc1ccccc1)C(=O)N(Cc1cccc(CC)c1)C[C@@H](O)[C@@H](N)Cc1cc(F)cc(F)c1. The Bertz CT molecular complexity index is 5470. The molecule has 9 aromatic carbocycles. The minimum atomic E-state index is -3.93. The number of ether oxygens (including phenoxy) is 3. The van der Waals surface area contributed by atoms with Gasteiger partial charge in [0.05, 0.1) is 65.0 Å². The summed E-state index contributed by atoms with van der Waals surface area (Å²) < 4.78 is 165. The number of sulfone groups is 3. The van der Waals surface area contributed by atoms with Crippen LogP contribution in [0.3, 0.4) is 0 Å². The van der Waals surface area contributed by atoms with E-state index in [1.54, 1.807) is 140 Å². The van der Waals surface area contributed by atoms with E-state index in [1.807, 2.05) is 84.0 Å². The van der Waals surface area contributed by atoms with E-state index in [2.05, 4.69) is 16.0 Å². The van der Waals surface area contributed by atoms with Gasteiger partial charge in [0, 0.05) is 63.0 Å². The zero-order valence-electron chi connectivity index (χ0n) is 80.9. The van der Waals surface area contributed by atoms with Crippen molar-refractivity contribution < 1.29 is 111 Å². The molecule has 0 heterocycles. The molecule has 0 saturated carbocycles. The molecule has 0 aromatic heterocycles. The highest BCUT2D eigenvalue weighted by atomic mass is 32.2. The molecule has 141 heavy (non-hydrogen) atoms. The van der Waals surface area contributed by atoms with Crippen LogP contribution in [-0.2, 0) is 123 Å². The summed E-state index contributed by atoms with van der Waals surface area (Å²) in [5, 5.41) is 50.8. The van der Waals surface area contributed by atoms with Crippen molar-refractivity contribution in [2.24, 2.45) is 17.2 Å². The van der Waals surface area contributed by atoms with E-state index in [-0.39, 0.29) is 87.9 Å². The second-order valence-electron chi connectivity index (χ2n) is 35.1. The quantitative estimate of drug-likeness (QED) is 0.0125. The number of carbonyl (C=O) groups is 6. The third-order valence-corrected chi connectivity index (χ3v) is 29.0. The van der Waals surface area contributed by atoms with Crippen molar-refractivity contribution >= 4 is 65.5 Å². The highest BCUT2D eigenvalue weighted by molar-refractivity contribution is 7.92. The Labute approximate surface area is 825 Å². The number of nitrogens with zero attached hydrogens (tertiary/aromatic N) is 3. The molecule has 6 amide bonds. The Morgan fingerprint density at radius 2 is 0.695 bits per heavy atom. The lowest BCUT2D eigenvalue weighted by Gasteiger charge is -2.36. The predicted octanol–water partition coefficient (Wildman–Crippen LogP) is 13.2. The van der Waals surface area contributed by atoms with Gasteiger partial charge in [-0.1, -0.05) is 243 Å². The molecule has 10 atom stereocenters. The number of nitrogens with two attached hydrogens (primary N) is 3. The molecule has 0 radical (unpaired) electrons. The van der Waals surface area contributed by atoms with Crippen LogP contribution in [0, 0.1) is 36.0 Å². The number of nitrogens with one attached hydrogen (secondary N) is 3. The van der Waals surface area contributed by atoms with Crippen molar-refractivity contribution in [1.82, 2.24) is 30.7 Å². The van der Waals surface area contributed by atoms with Crippen LogP contribution in [0.1, 0.15) is 166 Å². The van der Waals surface area contributed by atoms with Gasteiger partial charge in [-0.05, 0) is 168 Å². The summed E-state index contributed by atoms with van der Waals surface area (Å²) in [7, 11) is -11.5. The minimum Gasteiger partial charge on any atom is -0.445 e. The van der Waals surface area contributed by atoms with Gasteiger partial charge >= 0.3 is 18.3 Å². The summed E-state index contributed by atoms with van der Waals surface area (Å²) in [6, 6.07) is 51.6. The molecular formula is C105H136F5N9O19S3. The Hall–Kier alpha value is -11.6. The summed E-state index contributed by atoms with van der Waals surface area (Å²) in [6.45, 7) is 11.1. The Kier molecular flexibility index (Phi) is 49.0. The molecule has 768 valence electrons. The number of alkyl carbamates (subject to hydrolysis) is 3. The lowest BCUT2D eigenvalue weighted by Crippen LogP contribution is -2.56. The molecule has 0 aliphatic rings. The zero-order chi connectivity index (χ0) is 103. The van der Waals surface area contributed by atoms with Crippen LogP contribution in [0.15, 0.2) is 224 Å². The topological polar surface area (TPSA) is 437 Å². The third-order valence-electron chi connectivity index (χ3n) is 23.2. The zero-order valence-corrected chi connectivity index (χ0v) is 83.4. The van der Waals surface area contributed by atoms with Crippen LogP contribution in [0.5, 0.6) is 0 Å². The number of hydrogen-bond acceptors (Lipinski definition) is 22. The molecule has 0 unspecified atom stereocenters. The number of rotatable bonds is 53. The van der Waals surface area contributed by atoms with Crippen LogP contribution in [-0.4, -0.2) is 211 Å². The van der Waals surface area contributed by atoms with E-state index in [0.29, 0.717) is 95.9 Å². The fourth-order valence-electron chi connectivity index (χ4n) is 15.7. The second-order valence-corrected chi connectivity index (χ2v) is 41.9. The maximum Gasteiger partial charge on any atom is 0.408 e. The van der Waals surface area contributed by atoms with E-state index in [9.17, 15) is 96.4 Å². The van der Waals surface area contributed by atoms with Crippen molar-refractivity contribution in [2.75, 3.05) is 55.0 Å². The molecule has 0 bridgehead atoms. The molecular weight excluding hydrogens is 1880 g/mol. The maximum absolute atomic E-state index is 14.5. The molecule has 0 aliphatic heterocycles. The Morgan fingerprint density at radius 3 is 1.03 bits per heavy atom. The lowest BCUT2D eigenvalue weighted by atomic mass is 9.98. The summed E-state index contributed by atoms with van der Waals surface area (Å²) in [5.74, 6) is -8.40. The van der Waals surface area contributed by atoms with Crippen molar-refractivity contribution in [3.63, 3.8) is 0 Å². The molecule has 0 saturated heterocycles. The number of amides is 6. The molecule has 28 nitrogen and oxygen atoms in total.